The third kappa shape index (κ3) is 3.57. The van der Waals surface area contributed by atoms with Crippen LogP contribution in [0.3, 0.4) is 0 Å². The molecule has 0 fully saturated rings. The van der Waals surface area contributed by atoms with Crippen molar-refractivity contribution in [1.82, 2.24) is 9.97 Å². The molecule has 0 saturated heterocycles. The Hall–Kier alpha value is -3.31. The minimum absolute atomic E-state index is 0.0702. The maximum atomic E-state index is 12.8. The van der Waals surface area contributed by atoms with Crippen molar-refractivity contribution in [3.05, 3.63) is 89.3 Å². The summed E-state index contributed by atoms with van der Waals surface area (Å²) in [6.45, 7) is 0. The first-order valence-electron chi connectivity index (χ1n) is 9.66. The van der Waals surface area contributed by atoms with Crippen molar-refractivity contribution in [2.45, 2.75) is 19.3 Å². The van der Waals surface area contributed by atoms with Gasteiger partial charge in [-0.05, 0) is 71.8 Å². The van der Waals surface area contributed by atoms with Gasteiger partial charge in [0.05, 0.1) is 4.88 Å². The lowest BCUT2D eigenvalue weighted by Gasteiger charge is -2.09. The van der Waals surface area contributed by atoms with Crippen LogP contribution in [0, 0.1) is 0 Å². The third-order valence-electron chi connectivity index (χ3n) is 5.21. The minimum Gasteiger partial charge on any atom is -0.321 e. The number of pyridine rings is 2. The Balaban J connectivity index is 1.53. The summed E-state index contributed by atoms with van der Waals surface area (Å²) in [6.07, 6.45) is 10.2. The smallest absolute Gasteiger partial charge is 0.265 e. The summed E-state index contributed by atoms with van der Waals surface area (Å²) in [5, 5.41) is 2.97. The summed E-state index contributed by atoms with van der Waals surface area (Å²) in [5.74, 6) is -0.0702. The van der Waals surface area contributed by atoms with Crippen molar-refractivity contribution >= 4 is 22.9 Å². The first kappa shape index (κ1) is 17.8. The zero-order chi connectivity index (χ0) is 19.6. The standard InChI is InChI=1S/C24H19N3OS/c28-24(27-20-8-11-25-12-9-20)22-14-18-4-1-3-16-6-7-17(13-21(16)23(18)29-22)19-5-2-10-26-15-19/h2,5-15H,1,3-4H2,(H,25,27,28). The quantitative estimate of drug-likeness (QED) is 0.489. The topological polar surface area (TPSA) is 54.9 Å². The highest BCUT2D eigenvalue weighted by atomic mass is 32.1. The van der Waals surface area contributed by atoms with Crippen molar-refractivity contribution in [3.63, 3.8) is 0 Å². The Morgan fingerprint density at radius 2 is 1.76 bits per heavy atom. The van der Waals surface area contributed by atoms with E-state index in [1.807, 2.05) is 12.3 Å². The molecule has 1 N–H and O–H groups in total. The van der Waals surface area contributed by atoms with E-state index in [9.17, 15) is 4.79 Å². The second-order valence-electron chi connectivity index (χ2n) is 7.12. The number of aromatic nitrogens is 2. The van der Waals surface area contributed by atoms with E-state index in [0.717, 1.165) is 41.0 Å². The van der Waals surface area contributed by atoms with E-state index in [4.69, 9.17) is 0 Å². The highest BCUT2D eigenvalue weighted by Crippen LogP contribution is 2.40. The van der Waals surface area contributed by atoms with Crippen LogP contribution in [0.25, 0.3) is 21.6 Å². The zero-order valence-electron chi connectivity index (χ0n) is 15.8. The monoisotopic (exact) mass is 397 g/mol. The third-order valence-corrected chi connectivity index (χ3v) is 6.42. The molecule has 0 aliphatic heterocycles. The number of carbonyl (C=O) groups is 1. The highest BCUT2D eigenvalue weighted by molar-refractivity contribution is 7.17. The molecule has 1 aromatic carbocycles. The lowest BCUT2D eigenvalue weighted by Crippen LogP contribution is -2.10. The Morgan fingerprint density at radius 3 is 2.59 bits per heavy atom. The fourth-order valence-electron chi connectivity index (χ4n) is 3.77. The van der Waals surface area contributed by atoms with Gasteiger partial charge >= 0.3 is 0 Å². The largest absolute Gasteiger partial charge is 0.321 e. The molecule has 3 aromatic heterocycles. The summed E-state index contributed by atoms with van der Waals surface area (Å²) in [6, 6.07) is 16.3. The molecule has 1 aliphatic carbocycles. The highest BCUT2D eigenvalue weighted by Gasteiger charge is 2.21. The van der Waals surface area contributed by atoms with Crippen molar-refractivity contribution in [1.29, 1.82) is 0 Å². The van der Waals surface area contributed by atoms with Gasteiger partial charge < -0.3 is 5.32 Å². The maximum absolute atomic E-state index is 12.8. The number of carbonyl (C=O) groups excluding carboxylic acids is 1. The average Bonchev–Trinajstić information content (AvgIpc) is 3.12. The Morgan fingerprint density at radius 1 is 0.897 bits per heavy atom. The van der Waals surface area contributed by atoms with Crippen LogP contribution < -0.4 is 5.32 Å². The molecule has 142 valence electrons. The van der Waals surface area contributed by atoms with Crippen LogP contribution in [0.2, 0.25) is 0 Å². The predicted octanol–water partition coefficient (Wildman–Crippen LogP) is 5.61. The van der Waals surface area contributed by atoms with Gasteiger partial charge in [-0.2, -0.15) is 0 Å². The van der Waals surface area contributed by atoms with E-state index < -0.39 is 0 Å². The van der Waals surface area contributed by atoms with Crippen LogP contribution in [0.1, 0.15) is 27.2 Å². The van der Waals surface area contributed by atoms with Crippen LogP contribution in [-0.2, 0) is 12.8 Å². The average molecular weight is 398 g/mol. The van der Waals surface area contributed by atoms with Gasteiger partial charge in [-0.25, -0.2) is 0 Å². The molecular formula is C24H19N3OS. The molecule has 0 saturated carbocycles. The number of benzene rings is 1. The number of thiophene rings is 1. The number of aryl methyl sites for hydroxylation is 2. The van der Waals surface area contributed by atoms with Crippen LogP contribution >= 0.6 is 11.3 Å². The molecule has 4 nitrogen and oxygen atoms in total. The van der Waals surface area contributed by atoms with Gasteiger partial charge in [-0.15, -0.1) is 11.3 Å². The number of fused-ring (bicyclic) bond motifs is 3. The van der Waals surface area contributed by atoms with E-state index in [1.165, 1.54) is 21.6 Å². The number of nitrogens with zero attached hydrogens (tertiary/aromatic N) is 2. The molecule has 0 unspecified atom stereocenters. The van der Waals surface area contributed by atoms with E-state index in [2.05, 4.69) is 45.6 Å². The molecule has 1 aliphatic rings. The molecule has 29 heavy (non-hydrogen) atoms. The molecule has 5 heteroatoms. The fourth-order valence-corrected chi connectivity index (χ4v) is 4.93. The van der Waals surface area contributed by atoms with Gasteiger partial charge in [0, 0.05) is 40.9 Å². The molecular weight excluding hydrogens is 378 g/mol. The van der Waals surface area contributed by atoms with Gasteiger partial charge in [0.15, 0.2) is 0 Å². The van der Waals surface area contributed by atoms with Gasteiger partial charge in [0.25, 0.3) is 5.91 Å². The predicted molar refractivity (Wildman–Crippen MR) is 117 cm³/mol. The minimum atomic E-state index is -0.0702. The van der Waals surface area contributed by atoms with Crippen LogP contribution in [0.15, 0.2) is 73.3 Å². The van der Waals surface area contributed by atoms with Crippen molar-refractivity contribution < 1.29 is 4.79 Å². The van der Waals surface area contributed by atoms with E-state index in [-0.39, 0.29) is 5.91 Å². The zero-order valence-corrected chi connectivity index (χ0v) is 16.6. The van der Waals surface area contributed by atoms with E-state index in [1.54, 1.807) is 42.1 Å². The van der Waals surface area contributed by atoms with Gasteiger partial charge in [-0.3, -0.25) is 14.8 Å². The summed E-state index contributed by atoms with van der Waals surface area (Å²) < 4.78 is 0. The van der Waals surface area contributed by atoms with Gasteiger partial charge in [-0.1, -0.05) is 18.2 Å². The molecule has 0 radical (unpaired) electrons. The first-order valence-corrected chi connectivity index (χ1v) is 10.5. The van der Waals surface area contributed by atoms with Gasteiger partial charge in [0.1, 0.15) is 0 Å². The second kappa shape index (κ2) is 7.60. The number of hydrogen-bond acceptors (Lipinski definition) is 4. The summed E-state index contributed by atoms with van der Waals surface area (Å²) in [5.41, 5.74) is 6.87. The van der Waals surface area contributed by atoms with E-state index >= 15 is 0 Å². The first-order chi connectivity index (χ1) is 14.3. The summed E-state index contributed by atoms with van der Waals surface area (Å²) in [7, 11) is 0. The lowest BCUT2D eigenvalue weighted by molar-refractivity contribution is 0.103. The second-order valence-corrected chi connectivity index (χ2v) is 8.17. The summed E-state index contributed by atoms with van der Waals surface area (Å²) in [4.78, 5) is 23.0. The Kier molecular flexibility index (Phi) is 4.66. The normalized spacial score (nSPS) is 12.6. The van der Waals surface area contributed by atoms with Gasteiger partial charge in [0.2, 0.25) is 0 Å². The molecule has 0 atom stereocenters. The van der Waals surface area contributed by atoms with Crippen molar-refractivity contribution in [2.75, 3.05) is 5.32 Å². The number of anilines is 1. The summed E-state index contributed by atoms with van der Waals surface area (Å²) >= 11 is 1.58. The molecule has 0 spiro atoms. The SMILES string of the molecule is O=C(Nc1ccncc1)c1cc2c(s1)-c1cc(-c3cccnc3)ccc1CCC2. The Labute approximate surface area is 173 Å². The lowest BCUT2D eigenvalue weighted by atomic mass is 9.98. The Bertz CT molecular complexity index is 1170. The maximum Gasteiger partial charge on any atom is 0.265 e. The number of hydrogen-bond donors (Lipinski definition) is 1. The number of amides is 1. The molecule has 3 heterocycles. The fraction of sp³-hybridized carbons (Fsp3) is 0.125. The van der Waals surface area contributed by atoms with Crippen LogP contribution in [0.5, 0.6) is 0 Å². The van der Waals surface area contributed by atoms with Crippen molar-refractivity contribution in [2.24, 2.45) is 0 Å². The molecule has 0 bridgehead atoms. The number of rotatable bonds is 3. The van der Waals surface area contributed by atoms with Crippen LogP contribution in [-0.4, -0.2) is 15.9 Å². The molecule has 1 amide bonds. The molecule has 5 rings (SSSR count). The van der Waals surface area contributed by atoms with Crippen LogP contribution in [0.4, 0.5) is 5.69 Å². The molecule has 4 aromatic rings. The number of nitrogens with one attached hydrogen (secondary N) is 1. The van der Waals surface area contributed by atoms with Crippen molar-refractivity contribution in [3.8, 4) is 21.6 Å². The van der Waals surface area contributed by atoms with E-state index in [0.29, 0.717) is 0 Å².